The number of carbonyl (C=O) groups is 2. The number of hydrogen-bond donors (Lipinski definition) is 0. The van der Waals surface area contributed by atoms with E-state index < -0.39 is 37.7 Å². The van der Waals surface area contributed by atoms with Gasteiger partial charge in [-0.25, -0.2) is 21.1 Å². The van der Waals surface area contributed by atoms with E-state index >= 15 is 0 Å². The van der Waals surface area contributed by atoms with Gasteiger partial charge in [-0.1, -0.05) is 11.6 Å². The van der Waals surface area contributed by atoms with E-state index in [4.69, 9.17) is 11.6 Å². The first-order valence-corrected chi connectivity index (χ1v) is 12.2. The van der Waals surface area contributed by atoms with Gasteiger partial charge in [-0.2, -0.15) is 0 Å². The minimum Gasteiger partial charge on any atom is -0.335 e. The number of sulfone groups is 1. The average molecular weight is 435 g/mol. The zero-order valence-corrected chi connectivity index (χ0v) is 17.0. The number of sulfonamides is 1. The van der Waals surface area contributed by atoms with Gasteiger partial charge in [-0.15, -0.1) is 0 Å². The van der Waals surface area contributed by atoms with Gasteiger partial charge in [-0.3, -0.25) is 9.59 Å². The minimum atomic E-state index is -3.72. The van der Waals surface area contributed by atoms with Crippen LogP contribution in [-0.4, -0.2) is 63.4 Å². The third-order valence-electron chi connectivity index (χ3n) is 4.75. The van der Waals surface area contributed by atoms with Crippen LogP contribution in [0.3, 0.4) is 0 Å². The van der Waals surface area contributed by atoms with Crippen LogP contribution in [0.1, 0.15) is 30.1 Å². The minimum absolute atomic E-state index is 0.00621. The Morgan fingerprint density at radius 2 is 1.96 bits per heavy atom. The summed E-state index contributed by atoms with van der Waals surface area (Å²) in [6, 6.07) is 3.59. The van der Waals surface area contributed by atoms with Crippen molar-refractivity contribution in [1.29, 1.82) is 0 Å². The van der Waals surface area contributed by atoms with E-state index in [0.29, 0.717) is 17.3 Å². The maximum atomic E-state index is 12.9. The lowest BCUT2D eigenvalue weighted by molar-refractivity contribution is -0.116. The van der Waals surface area contributed by atoms with Crippen LogP contribution in [0.5, 0.6) is 0 Å². The number of benzene rings is 1. The third-order valence-corrected chi connectivity index (χ3v) is 8.50. The van der Waals surface area contributed by atoms with Gasteiger partial charge in [0.05, 0.1) is 33.5 Å². The Hall–Kier alpha value is -1.65. The van der Waals surface area contributed by atoms with Crippen LogP contribution in [0.15, 0.2) is 18.2 Å². The fourth-order valence-corrected chi connectivity index (χ4v) is 6.85. The van der Waals surface area contributed by atoms with Crippen LogP contribution in [0.25, 0.3) is 0 Å². The molecule has 0 unspecified atom stereocenters. The topological polar surface area (TPSA) is 109 Å². The molecule has 2 heterocycles. The highest BCUT2D eigenvalue weighted by molar-refractivity contribution is 7.94. The Bertz CT molecular complexity index is 1010. The largest absolute Gasteiger partial charge is 0.335 e. The molecule has 0 saturated carbocycles. The molecule has 11 heteroatoms. The van der Waals surface area contributed by atoms with Gasteiger partial charge in [0.1, 0.15) is 0 Å². The van der Waals surface area contributed by atoms with Gasteiger partial charge in [0.15, 0.2) is 9.84 Å². The first-order valence-electron chi connectivity index (χ1n) is 8.42. The van der Waals surface area contributed by atoms with Gasteiger partial charge in [0, 0.05) is 19.0 Å². The number of rotatable bonds is 4. The van der Waals surface area contributed by atoms with Gasteiger partial charge < -0.3 is 4.90 Å². The van der Waals surface area contributed by atoms with Crippen molar-refractivity contribution in [2.45, 2.75) is 25.8 Å². The summed E-state index contributed by atoms with van der Waals surface area (Å²) >= 11 is 6.21. The monoisotopic (exact) mass is 434 g/mol. The number of carbonyl (C=O) groups excluding carboxylic acids is 2. The standard InChI is InChI=1S/C16H19ClN2O6S2/c1-2-18(12-5-7-26(22,23)10-12)16(21)13-4-3-11(9-14(13)17)19-15(20)6-8-27(19,24)25/h3-4,9,12H,2,5-8,10H2,1H3/t12-/m1/s1. The van der Waals surface area contributed by atoms with Crippen molar-refractivity contribution in [3.63, 3.8) is 0 Å². The highest BCUT2D eigenvalue weighted by atomic mass is 35.5. The van der Waals surface area contributed by atoms with Crippen LogP contribution in [-0.2, 0) is 24.7 Å². The first-order chi connectivity index (χ1) is 12.6. The van der Waals surface area contributed by atoms with Crippen molar-refractivity contribution in [2.75, 3.05) is 28.1 Å². The fraction of sp³-hybridized carbons (Fsp3) is 0.500. The lowest BCUT2D eigenvalue weighted by atomic mass is 10.1. The highest BCUT2D eigenvalue weighted by Crippen LogP contribution is 2.30. The maximum Gasteiger partial charge on any atom is 0.255 e. The molecule has 27 heavy (non-hydrogen) atoms. The van der Waals surface area contributed by atoms with E-state index in [2.05, 4.69) is 0 Å². The van der Waals surface area contributed by atoms with Crippen LogP contribution in [0, 0.1) is 0 Å². The molecule has 1 atom stereocenters. The molecule has 0 bridgehead atoms. The molecule has 8 nitrogen and oxygen atoms in total. The normalized spacial score (nSPS) is 23.6. The maximum absolute atomic E-state index is 12.9. The molecule has 2 amide bonds. The molecule has 0 aliphatic carbocycles. The Labute approximate surface area is 163 Å². The second-order valence-electron chi connectivity index (χ2n) is 6.54. The Morgan fingerprint density at radius 1 is 1.26 bits per heavy atom. The third kappa shape index (κ3) is 3.83. The summed E-state index contributed by atoms with van der Waals surface area (Å²) in [6.45, 7) is 2.07. The molecular formula is C16H19ClN2O6S2. The lowest BCUT2D eigenvalue weighted by Gasteiger charge is -2.27. The molecule has 3 rings (SSSR count). The zero-order valence-electron chi connectivity index (χ0n) is 14.6. The molecule has 148 valence electrons. The second kappa shape index (κ2) is 7.06. The number of hydrogen-bond acceptors (Lipinski definition) is 6. The molecule has 2 fully saturated rings. The van der Waals surface area contributed by atoms with E-state index in [0.717, 1.165) is 0 Å². The van der Waals surface area contributed by atoms with E-state index in [-0.39, 0.29) is 40.0 Å². The summed E-state index contributed by atoms with van der Waals surface area (Å²) in [7, 11) is -6.87. The summed E-state index contributed by atoms with van der Waals surface area (Å²) in [6.07, 6.45) is 0.276. The molecule has 2 aliphatic rings. The summed E-state index contributed by atoms with van der Waals surface area (Å²) in [5.74, 6) is -1.27. The Morgan fingerprint density at radius 3 is 2.44 bits per heavy atom. The van der Waals surface area contributed by atoms with Crippen molar-refractivity contribution >= 4 is 49.0 Å². The van der Waals surface area contributed by atoms with Gasteiger partial charge in [0.2, 0.25) is 15.9 Å². The van der Waals surface area contributed by atoms with Crippen molar-refractivity contribution in [3.8, 4) is 0 Å². The van der Waals surface area contributed by atoms with E-state index in [9.17, 15) is 26.4 Å². The molecule has 1 aromatic carbocycles. The number of anilines is 1. The molecule has 0 N–H and O–H groups in total. The predicted molar refractivity (Wildman–Crippen MR) is 101 cm³/mol. The van der Waals surface area contributed by atoms with Crippen molar-refractivity contribution in [2.24, 2.45) is 0 Å². The molecule has 2 aliphatic heterocycles. The summed E-state index contributed by atoms with van der Waals surface area (Å²) in [4.78, 5) is 26.2. The molecule has 2 saturated heterocycles. The second-order valence-corrected chi connectivity index (χ2v) is 11.1. The van der Waals surface area contributed by atoms with Crippen LogP contribution < -0.4 is 4.31 Å². The van der Waals surface area contributed by atoms with Crippen molar-refractivity contribution in [3.05, 3.63) is 28.8 Å². The van der Waals surface area contributed by atoms with E-state index in [1.54, 1.807) is 6.92 Å². The van der Waals surface area contributed by atoms with E-state index in [1.807, 2.05) is 0 Å². The number of nitrogens with zero attached hydrogens (tertiary/aromatic N) is 2. The Balaban J connectivity index is 1.89. The van der Waals surface area contributed by atoms with Crippen molar-refractivity contribution < 1.29 is 26.4 Å². The van der Waals surface area contributed by atoms with Gasteiger partial charge in [0.25, 0.3) is 5.91 Å². The fourth-order valence-electron chi connectivity index (χ4n) is 3.42. The predicted octanol–water partition coefficient (Wildman–Crippen LogP) is 1.06. The molecule has 0 radical (unpaired) electrons. The number of amides is 2. The lowest BCUT2D eigenvalue weighted by Crippen LogP contribution is -2.41. The van der Waals surface area contributed by atoms with Gasteiger partial charge >= 0.3 is 0 Å². The highest BCUT2D eigenvalue weighted by Gasteiger charge is 2.37. The smallest absolute Gasteiger partial charge is 0.255 e. The summed E-state index contributed by atoms with van der Waals surface area (Å²) in [5.41, 5.74) is 0.223. The van der Waals surface area contributed by atoms with Crippen molar-refractivity contribution in [1.82, 2.24) is 4.90 Å². The number of halogens is 1. The average Bonchev–Trinajstić information content (AvgIpc) is 3.06. The van der Waals surface area contributed by atoms with Gasteiger partial charge in [-0.05, 0) is 31.5 Å². The zero-order chi connectivity index (χ0) is 20.0. The SMILES string of the molecule is CCN(C(=O)c1ccc(N2C(=O)CCS2(=O)=O)cc1Cl)[C@@H]1CCS(=O)(=O)C1. The van der Waals surface area contributed by atoms with Crippen LogP contribution in [0.2, 0.25) is 5.02 Å². The molecule has 0 aromatic heterocycles. The molecular weight excluding hydrogens is 416 g/mol. The summed E-state index contributed by atoms with van der Waals surface area (Å²) < 4.78 is 48.2. The van der Waals surface area contributed by atoms with Crippen LogP contribution >= 0.6 is 11.6 Å². The van der Waals surface area contributed by atoms with E-state index in [1.165, 1.54) is 23.1 Å². The Kier molecular flexibility index (Phi) is 5.26. The quantitative estimate of drug-likeness (QED) is 0.700. The molecule has 0 spiro atoms. The first kappa shape index (κ1) is 20.1. The molecule has 1 aromatic rings. The summed E-state index contributed by atoms with van der Waals surface area (Å²) in [5, 5.41) is 0.00621. The van der Waals surface area contributed by atoms with Crippen LogP contribution in [0.4, 0.5) is 5.69 Å².